The summed E-state index contributed by atoms with van der Waals surface area (Å²) in [6.45, 7) is 1.88. The van der Waals surface area contributed by atoms with Crippen molar-refractivity contribution < 1.29 is 9.18 Å². The van der Waals surface area contributed by atoms with E-state index >= 15 is 0 Å². The minimum atomic E-state index is -0.247. The number of fused-ring (bicyclic) bond motifs is 1. The average Bonchev–Trinajstić information content (AvgIpc) is 3.02. The van der Waals surface area contributed by atoms with Gasteiger partial charge in [-0.1, -0.05) is 36.4 Å². The predicted octanol–water partition coefficient (Wildman–Crippen LogP) is 4.59. The molecule has 0 aliphatic carbocycles. The fraction of sp³-hybridized carbons (Fsp3) is 0.136. The zero-order valence-corrected chi connectivity index (χ0v) is 15.6. The van der Waals surface area contributed by atoms with E-state index in [1.165, 1.54) is 6.07 Å². The van der Waals surface area contributed by atoms with Crippen LogP contribution in [0.2, 0.25) is 0 Å². The molecule has 5 nitrogen and oxygen atoms in total. The Morgan fingerprint density at radius 3 is 2.75 bits per heavy atom. The quantitative estimate of drug-likeness (QED) is 0.519. The maximum Gasteiger partial charge on any atom is 0.203 e. The molecule has 0 radical (unpaired) electrons. The molecular weight excluding hydrogens is 355 g/mol. The number of aromatic nitrogens is 3. The Labute approximate surface area is 161 Å². The molecule has 0 atom stereocenters. The van der Waals surface area contributed by atoms with E-state index in [0.717, 1.165) is 22.3 Å². The van der Waals surface area contributed by atoms with Crippen molar-refractivity contribution in [2.24, 2.45) is 7.05 Å². The van der Waals surface area contributed by atoms with Crippen LogP contribution in [0.3, 0.4) is 0 Å². The summed E-state index contributed by atoms with van der Waals surface area (Å²) in [6, 6.07) is 16.0. The molecule has 2 heterocycles. The second kappa shape index (κ2) is 7.23. The number of Topliss-reactive ketones (excluding diaryl/α,β-unsaturated/α-hetero) is 1. The van der Waals surface area contributed by atoms with Gasteiger partial charge >= 0.3 is 0 Å². The number of anilines is 1. The lowest BCUT2D eigenvalue weighted by molar-refractivity contribution is 0.101. The first-order valence-electron chi connectivity index (χ1n) is 8.94. The minimum absolute atomic E-state index is 0.0168. The SMILES string of the molecule is CC(=O)c1cccc(-c2cc3c(cn2)nc(NCc2ccccc2F)n3C)c1. The first kappa shape index (κ1) is 17.9. The van der Waals surface area contributed by atoms with Crippen LogP contribution in [-0.2, 0) is 13.6 Å². The molecule has 1 N–H and O–H groups in total. The van der Waals surface area contributed by atoms with Crippen LogP contribution in [0, 0.1) is 5.82 Å². The highest BCUT2D eigenvalue weighted by Gasteiger charge is 2.11. The van der Waals surface area contributed by atoms with E-state index in [2.05, 4.69) is 15.3 Å². The van der Waals surface area contributed by atoms with Crippen molar-refractivity contribution in [3.63, 3.8) is 0 Å². The zero-order chi connectivity index (χ0) is 19.7. The monoisotopic (exact) mass is 374 g/mol. The van der Waals surface area contributed by atoms with Crippen molar-refractivity contribution in [1.82, 2.24) is 14.5 Å². The van der Waals surface area contributed by atoms with E-state index in [-0.39, 0.29) is 11.6 Å². The fourth-order valence-corrected chi connectivity index (χ4v) is 3.13. The number of hydrogen-bond acceptors (Lipinski definition) is 4. The van der Waals surface area contributed by atoms with Crippen molar-refractivity contribution in [1.29, 1.82) is 0 Å². The molecular formula is C22H19FN4O. The van der Waals surface area contributed by atoms with Crippen LogP contribution in [0.1, 0.15) is 22.8 Å². The lowest BCUT2D eigenvalue weighted by Crippen LogP contribution is -2.06. The maximum atomic E-state index is 13.8. The van der Waals surface area contributed by atoms with Crippen LogP contribution < -0.4 is 5.32 Å². The Kier molecular flexibility index (Phi) is 4.61. The summed E-state index contributed by atoms with van der Waals surface area (Å²) in [4.78, 5) is 20.7. The van der Waals surface area contributed by atoms with Gasteiger partial charge in [-0.3, -0.25) is 9.78 Å². The highest BCUT2D eigenvalue weighted by molar-refractivity contribution is 5.95. The van der Waals surface area contributed by atoms with E-state index in [9.17, 15) is 9.18 Å². The molecule has 2 aromatic heterocycles. The second-order valence-corrected chi connectivity index (χ2v) is 6.63. The second-order valence-electron chi connectivity index (χ2n) is 6.63. The molecule has 6 heteroatoms. The number of pyridine rings is 1. The van der Waals surface area contributed by atoms with Gasteiger partial charge in [0.1, 0.15) is 11.3 Å². The number of halogens is 1. The van der Waals surface area contributed by atoms with Crippen LogP contribution in [0.5, 0.6) is 0 Å². The van der Waals surface area contributed by atoms with Crippen LogP contribution in [-0.4, -0.2) is 20.3 Å². The molecule has 4 rings (SSSR count). The van der Waals surface area contributed by atoms with Gasteiger partial charge in [-0.2, -0.15) is 0 Å². The first-order valence-corrected chi connectivity index (χ1v) is 8.94. The highest BCUT2D eigenvalue weighted by atomic mass is 19.1. The van der Waals surface area contributed by atoms with Gasteiger partial charge in [0.2, 0.25) is 5.95 Å². The van der Waals surface area contributed by atoms with Crippen molar-refractivity contribution in [2.45, 2.75) is 13.5 Å². The van der Waals surface area contributed by atoms with Crippen molar-refractivity contribution >= 4 is 22.8 Å². The number of nitrogens with zero attached hydrogens (tertiary/aromatic N) is 3. The number of carbonyl (C=O) groups is 1. The predicted molar refractivity (Wildman–Crippen MR) is 108 cm³/mol. The van der Waals surface area contributed by atoms with Crippen LogP contribution in [0.4, 0.5) is 10.3 Å². The molecule has 2 aromatic carbocycles. The number of rotatable bonds is 5. The van der Waals surface area contributed by atoms with Gasteiger partial charge in [-0.05, 0) is 25.1 Å². The van der Waals surface area contributed by atoms with Gasteiger partial charge in [0.25, 0.3) is 0 Å². The highest BCUT2D eigenvalue weighted by Crippen LogP contribution is 2.25. The van der Waals surface area contributed by atoms with Crippen LogP contribution in [0.25, 0.3) is 22.3 Å². The molecule has 28 heavy (non-hydrogen) atoms. The molecule has 4 aromatic rings. The average molecular weight is 374 g/mol. The van der Waals surface area contributed by atoms with Gasteiger partial charge in [-0.15, -0.1) is 0 Å². The maximum absolute atomic E-state index is 13.8. The molecule has 0 fully saturated rings. The summed E-state index contributed by atoms with van der Waals surface area (Å²) in [6.07, 6.45) is 1.71. The molecule has 0 unspecified atom stereocenters. The van der Waals surface area contributed by atoms with E-state index in [1.807, 2.05) is 35.9 Å². The Hall–Kier alpha value is -3.54. The van der Waals surface area contributed by atoms with Crippen molar-refractivity contribution in [3.8, 4) is 11.3 Å². The van der Waals surface area contributed by atoms with Crippen molar-refractivity contribution in [3.05, 3.63) is 77.7 Å². The smallest absolute Gasteiger partial charge is 0.203 e. The first-order chi connectivity index (χ1) is 13.5. The standard InChI is InChI=1S/C22H19FN4O/c1-14(28)15-7-5-8-16(10-15)19-11-21-20(13-24-19)26-22(27(21)2)25-12-17-6-3-4-9-18(17)23/h3-11,13H,12H2,1-2H3,(H,25,26). The summed E-state index contributed by atoms with van der Waals surface area (Å²) < 4.78 is 15.7. The van der Waals surface area contributed by atoms with E-state index in [0.29, 0.717) is 23.6 Å². The summed E-state index contributed by atoms with van der Waals surface area (Å²) in [7, 11) is 1.90. The molecule has 0 aliphatic heterocycles. The number of hydrogen-bond donors (Lipinski definition) is 1. The van der Waals surface area contributed by atoms with Crippen molar-refractivity contribution in [2.75, 3.05) is 5.32 Å². The number of carbonyl (C=O) groups excluding carboxylic acids is 1. The molecule has 0 amide bonds. The minimum Gasteiger partial charge on any atom is -0.351 e. The summed E-state index contributed by atoms with van der Waals surface area (Å²) in [5.74, 6) is 0.404. The van der Waals surface area contributed by atoms with Gasteiger partial charge in [-0.25, -0.2) is 9.37 Å². The van der Waals surface area contributed by atoms with Gasteiger partial charge in [0.05, 0.1) is 17.4 Å². The van der Waals surface area contributed by atoms with Crippen LogP contribution >= 0.6 is 0 Å². The molecule has 0 bridgehead atoms. The third kappa shape index (κ3) is 3.36. The summed E-state index contributed by atoms with van der Waals surface area (Å²) in [5, 5.41) is 3.18. The largest absolute Gasteiger partial charge is 0.351 e. The van der Waals surface area contributed by atoms with Gasteiger partial charge < -0.3 is 9.88 Å². The third-order valence-electron chi connectivity index (χ3n) is 4.73. The van der Waals surface area contributed by atoms with E-state index < -0.39 is 0 Å². The van der Waals surface area contributed by atoms with Crippen LogP contribution in [0.15, 0.2) is 60.8 Å². The number of nitrogens with one attached hydrogen (secondary N) is 1. The molecule has 140 valence electrons. The summed E-state index contributed by atoms with van der Waals surface area (Å²) >= 11 is 0. The number of aryl methyl sites for hydroxylation is 1. The van der Waals surface area contributed by atoms with E-state index in [4.69, 9.17) is 0 Å². The third-order valence-corrected chi connectivity index (χ3v) is 4.73. The zero-order valence-electron chi connectivity index (χ0n) is 15.6. The number of imidazole rings is 1. The lowest BCUT2D eigenvalue weighted by Gasteiger charge is -2.07. The topological polar surface area (TPSA) is 59.8 Å². The van der Waals surface area contributed by atoms with Gasteiger partial charge in [0.15, 0.2) is 5.78 Å². The fourth-order valence-electron chi connectivity index (χ4n) is 3.13. The normalized spacial score (nSPS) is 11.0. The molecule has 0 saturated heterocycles. The number of ketones is 1. The summed E-state index contributed by atoms with van der Waals surface area (Å²) in [5.41, 5.74) is 4.50. The van der Waals surface area contributed by atoms with E-state index in [1.54, 1.807) is 37.4 Å². The molecule has 0 saturated carbocycles. The molecule has 0 spiro atoms. The Bertz CT molecular complexity index is 1180. The van der Waals surface area contributed by atoms with Gasteiger partial charge in [0, 0.05) is 30.3 Å². The number of benzene rings is 2. The Balaban J connectivity index is 1.65. The Morgan fingerprint density at radius 1 is 1.14 bits per heavy atom. The Morgan fingerprint density at radius 2 is 1.96 bits per heavy atom. The molecule has 0 aliphatic rings. The lowest BCUT2D eigenvalue weighted by atomic mass is 10.1.